The van der Waals surface area contributed by atoms with Crippen molar-refractivity contribution < 1.29 is 23.4 Å². The van der Waals surface area contributed by atoms with Gasteiger partial charge in [-0.05, 0) is 36.4 Å². The third-order valence-corrected chi connectivity index (χ3v) is 4.39. The molecule has 0 radical (unpaired) electrons. The average molecular weight is 379 g/mol. The van der Waals surface area contributed by atoms with Gasteiger partial charge in [0, 0.05) is 7.05 Å². The minimum absolute atomic E-state index is 0.214. The van der Waals surface area contributed by atoms with Crippen molar-refractivity contribution >= 4 is 5.91 Å². The Kier molecular flexibility index (Phi) is 5.19. The Hall–Kier alpha value is -3.41. The summed E-state index contributed by atoms with van der Waals surface area (Å²) in [6.07, 6.45) is -0.236. The molecule has 0 fully saturated rings. The molecule has 1 amide bonds. The van der Waals surface area contributed by atoms with Gasteiger partial charge in [0.15, 0.2) is 23.4 Å². The SMILES string of the molecule is CN(C[C@H]1COc2ccccc2O1)C(=O)c1ccc(COc2ccccc2)o1. The highest BCUT2D eigenvalue weighted by Crippen LogP contribution is 2.31. The van der Waals surface area contributed by atoms with Crippen molar-refractivity contribution in [2.24, 2.45) is 0 Å². The van der Waals surface area contributed by atoms with E-state index in [4.69, 9.17) is 18.6 Å². The van der Waals surface area contributed by atoms with Gasteiger partial charge in [0.25, 0.3) is 5.91 Å². The van der Waals surface area contributed by atoms with E-state index in [0.29, 0.717) is 24.7 Å². The molecule has 1 aliphatic rings. The molecule has 144 valence electrons. The van der Waals surface area contributed by atoms with Crippen LogP contribution in [0, 0.1) is 0 Å². The van der Waals surface area contributed by atoms with E-state index in [1.165, 1.54) is 0 Å². The van der Waals surface area contributed by atoms with Gasteiger partial charge in [0.05, 0.1) is 6.54 Å². The van der Waals surface area contributed by atoms with Crippen LogP contribution in [0.5, 0.6) is 17.2 Å². The summed E-state index contributed by atoms with van der Waals surface area (Å²) >= 11 is 0. The second-order valence-electron chi connectivity index (χ2n) is 6.55. The van der Waals surface area contributed by atoms with Crippen molar-refractivity contribution in [3.8, 4) is 17.2 Å². The number of nitrogens with zero attached hydrogens (tertiary/aromatic N) is 1. The summed E-state index contributed by atoms with van der Waals surface area (Å²) in [4.78, 5) is 14.2. The topological polar surface area (TPSA) is 61.1 Å². The van der Waals surface area contributed by atoms with Crippen LogP contribution in [-0.2, 0) is 6.61 Å². The second-order valence-corrected chi connectivity index (χ2v) is 6.55. The molecule has 1 atom stereocenters. The molecule has 3 aromatic rings. The van der Waals surface area contributed by atoms with Crippen LogP contribution >= 0.6 is 0 Å². The summed E-state index contributed by atoms with van der Waals surface area (Å²) in [7, 11) is 1.72. The molecule has 4 rings (SSSR count). The Morgan fingerprint density at radius 1 is 1.04 bits per heavy atom. The summed E-state index contributed by atoms with van der Waals surface area (Å²) in [6.45, 7) is 1.05. The van der Waals surface area contributed by atoms with Gasteiger partial charge < -0.3 is 23.5 Å². The minimum Gasteiger partial charge on any atom is -0.486 e. The summed E-state index contributed by atoms with van der Waals surface area (Å²) in [5.41, 5.74) is 0. The zero-order valence-electron chi connectivity index (χ0n) is 15.5. The van der Waals surface area contributed by atoms with Gasteiger partial charge >= 0.3 is 0 Å². The molecule has 0 saturated carbocycles. The molecule has 0 bridgehead atoms. The maximum absolute atomic E-state index is 12.6. The lowest BCUT2D eigenvalue weighted by Crippen LogP contribution is -2.41. The van der Waals surface area contributed by atoms with Crippen molar-refractivity contribution in [2.45, 2.75) is 12.7 Å². The molecule has 2 heterocycles. The number of hydrogen-bond donors (Lipinski definition) is 0. The molecular weight excluding hydrogens is 358 g/mol. The van der Waals surface area contributed by atoms with Crippen LogP contribution in [-0.4, -0.2) is 37.1 Å². The van der Waals surface area contributed by atoms with Crippen molar-refractivity contribution in [2.75, 3.05) is 20.2 Å². The molecular formula is C22H21NO5. The first kappa shape index (κ1) is 18.0. The highest BCUT2D eigenvalue weighted by atomic mass is 16.6. The van der Waals surface area contributed by atoms with Gasteiger partial charge in [-0.25, -0.2) is 0 Å². The monoisotopic (exact) mass is 379 g/mol. The van der Waals surface area contributed by atoms with Gasteiger partial charge in [-0.3, -0.25) is 4.79 Å². The number of amides is 1. The maximum Gasteiger partial charge on any atom is 0.289 e. The van der Waals surface area contributed by atoms with Gasteiger partial charge in [0.2, 0.25) is 0 Å². The molecule has 0 aliphatic carbocycles. The molecule has 0 saturated heterocycles. The predicted octanol–water partition coefficient (Wildman–Crippen LogP) is 3.77. The fourth-order valence-electron chi connectivity index (χ4n) is 2.97. The van der Waals surface area contributed by atoms with Gasteiger partial charge in [-0.15, -0.1) is 0 Å². The van der Waals surface area contributed by atoms with Gasteiger partial charge in [0.1, 0.15) is 24.7 Å². The smallest absolute Gasteiger partial charge is 0.289 e. The highest BCUT2D eigenvalue weighted by Gasteiger charge is 2.25. The lowest BCUT2D eigenvalue weighted by molar-refractivity contribution is 0.0499. The Bertz CT molecular complexity index is 937. The summed E-state index contributed by atoms with van der Waals surface area (Å²) < 4.78 is 22.9. The summed E-state index contributed by atoms with van der Waals surface area (Å²) in [6, 6.07) is 20.4. The van der Waals surface area contributed by atoms with Crippen LogP contribution in [0.4, 0.5) is 0 Å². The molecule has 6 heteroatoms. The predicted molar refractivity (Wildman–Crippen MR) is 103 cm³/mol. The van der Waals surface area contributed by atoms with Crippen LogP contribution < -0.4 is 14.2 Å². The number of ether oxygens (including phenoxy) is 3. The largest absolute Gasteiger partial charge is 0.486 e. The number of fused-ring (bicyclic) bond motifs is 1. The lowest BCUT2D eigenvalue weighted by Gasteiger charge is -2.29. The zero-order chi connectivity index (χ0) is 19.3. The minimum atomic E-state index is -0.236. The van der Waals surface area contributed by atoms with Crippen LogP contribution in [0.3, 0.4) is 0 Å². The van der Waals surface area contributed by atoms with Crippen molar-refractivity contribution in [3.05, 3.63) is 78.3 Å². The Balaban J connectivity index is 1.32. The molecule has 28 heavy (non-hydrogen) atoms. The lowest BCUT2D eigenvalue weighted by atomic mass is 10.2. The molecule has 0 unspecified atom stereocenters. The van der Waals surface area contributed by atoms with Gasteiger partial charge in [-0.1, -0.05) is 30.3 Å². The van der Waals surface area contributed by atoms with E-state index in [1.54, 1.807) is 24.1 Å². The number of likely N-dealkylation sites (N-methyl/N-ethyl adjacent to an activating group) is 1. The van der Waals surface area contributed by atoms with Crippen LogP contribution in [0.2, 0.25) is 0 Å². The summed E-state index contributed by atoms with van der Waals surface area (Å²) in [5.74, 6) is 2.81. The number of carbonyl (C=O) groups is 1. The van der Waals surface area contributed by atoms with Crippen LogP contribution in [0.25, 0.3) is 0 Å². The number of para-hydroxylation sites is 3. The molecule has 6 nitrogen and oxygen atoms in total. The van der Waals surface area contributed by atoms with Crippen LogP contribution in [0.1, 0.15) is 16.3 Å². The third kappa shape index (κ3) is 4.11. The zero-order valence-corrected chi connectivity index (χ0v) is 15.5. The van der Waals surface area contributed by atoms with E-state index in [9.17, 15) is 4.79 Å². The third-order valence-electron chi connectivity index (χ3n) is 4.39. The number of hydrogen-bond acceptors (Lipinski definition) is 5. The number of rotatable bonds is 6. The van der Waals surface area contributed by atoms with Crippen molar-refractivity contribution in [1.82, 2.24) is 4.90 Å². The molecule has 1 aromatic heterocycles. The van der Waals surface area contributed by atoms with E-state index in [-0.39, 0.29) is 24.4 Å². The van der Waals surface area contributed by atoms with E-state index in [0.717, 1.165) is 11.5 Å². The maximum atomic E-state index is 12.6. The Morgan fingerprint density at radius 2 is 1.79 bits per heavy atom. The normalized spacial score (nSPS) is 15.1. The van der Waals surface area contributed by atoms with E-state index in [1.807, 2.05) is 54.6 Å². The molecule has 0 N–H and O–H groups in total. The van der Waals surface area contributed by atoms with E-state index < -0.39 is 0 Å². The first-order valence-electron chi connectivity index (χ1n) is 9.09. The average Bonchev–Trinajstić information content (AvgIpc) is 3.21. The van der Waals surface area contributed by atoms with E-state index >= 15 is 0 Å². The van der Waals surface area contributed by atoms with Crippen molar-refractivity contribution in [1.29, 1.82) is 0 Å². The number of benzene rings is 2. The van der Waals surface area contributed by atoms with Gasteiger partial charge in [-0.2, -0.15) is 0 Å². The fraction of sp³-hybridized carbons (Fsp3) is 0.227. The quantitative estimate of drug-likeness (QED) is 0.652. The van der Waals surface area contributed by atoms with E-state index in [2.05, 4.69) is 0 Å². The Labute approximate surface area is 163 Å². The fourth-order valence-corrected chi connectivity index (χ4v) is 2.97. The molecule has 1 aliphatic heterocycles. The van der Waals surface area contributed by atoms with Crippen molar-refractivity contribution in [3.63, 3.8) is 0 Å². The first-order chi connectivity index (χ1) is 13.7. The molecule has 2 aromatic carbocycles. The molecule has 0 spiro atoms. The first-order valence-corrected chi connectivity index (χ1v) is 9.09. The summed E-state index contributed by atoms with van der Waals surface area (Å²) in [5, 5.41) is 0. The number of carbonyl (C=O) groups excluding carboxylic acids is 1. The Morgan fingerprint density at radius 3 is 2.61 bits per heavy atom. The highest BCUT2D eigenvalue weighted by molar-refractivity contribution is 5.91. The second kappa shape index (κ2) is 8.08. The van der Waals surface area contributed by atoms with Crippen LogP contribution in [0.15, 0.2) is 71.1 Å². The standard InChI is InChI=1S/C22H21NO5/c1-23(13-18-15-26-19-9-5-6-10-20(19)28-18)22(24)21-12-11-17(27-21)14-25-16-7-3-2-4-8-16/h2-12,18H,13-15H2,1H3/t18-/m0/s1. The number of furan rings is 1.